The summed E-state index contributed by atoms with van der Waals surface area (Å²) in [4.78, 5) is 4.48. The van der Waals surface area contributed by atoms with E-state index in [-0.39, 0.29) is 0 Å². The van der Waals surface area contributed by atoms with Gasteiger partial charge in [-0.25, -0.2) is 0 Å². The number of anilines is 2. The van der Waals surface area contributed by atoms with Gasteiger partial charge in [-0.3, -0.25) is 4.98 Å². The highest BCUT2D eigenvalue weighted by Crippen LogP contribution is 2.38. The summed E-state index contributed by atoms with van der Waals surface area (Å²) < 4.78 is 11.3. The fourth-order valence-corrected chi connectivity index (χ4v) is 4.11. The molecule has 0 aliphatic carbocycles. The number of fused-ring (bicyclic) bond motifs is 2. The van der Waals surface area contributed by atoms with Crippen molar-refractivity contribution in [2.75, 3.05) is 12.4 Å². The SMILES string of the molecule is COc1cc(Nc2c(C#N)cnc3cc(-c4cc5ccccc5o4)ccc23)c(Cl)cc1Cl. The van der Waals surface area contributed by atoms with Gasteiger partial charge in [-0.05, 0) is 30.3 Å². The van der Waals surface area contributed by atoms with Crippen LogP contribution in [0.2, 0.25) is 10.0 Å². The van der Waals surface area contributed by atoms with Crippen LogP contribution in [0.25, 0.3) is 33.2 Å². The van der Waals surface area contributed by atoms with Crippen molar-refractivity contribution in [2.45, 2.75) is 0 Å². The van der Waals surface area contributed by atoms with E-state index in [4.69, 9.17) is 32.4 Å². The first-order valence-electron chi connectivity index (χ1n) is 9.69. The molecule has 5 aromatic rings. The fraction of sp³-hybridized carbons (Fsp3) is 0.0400. The minimum atomic E-state index is 0.388. The summed E-state index contributed by atoms with van der Waals surface area (Å²) in [6.07, 6.45) is 1.54. The van der Waals surface area contributed by atoms with Crippen molar-refractivity contribution < 1.29 is 9.15 Å². The number of halogens is 2. The van der Waals surface area contributed by atoms with Crippen molar-refractivity contribution in [2.24, 2.45) is 0 Å². The van der Waals surface area contributed by atoms with Gasteiger partial charge in [-0.1, -0.05) is 47.5 Å². The number of methoxy groups -OCH3 is 1. The van der Waals surface area contributed by atoms with Gasteiger partial charge in [0.25, 0.3) is 0 Å². The molecule has 2 aromatic heterocycles. The van der Waals surface area contributed by atoms with Crippen molar-refractivity contribution in [3.63, 3.8) is 0 Å². The molecule has 32 heavy (non-hydrogen) atoms. The summed E-state index contributed by atoms with van der Waals surface area (Å²) in [6.45, 7) is 0. The predicted octanol–water partition coefficient (Wildman–Crippen LogP) is 7.58. The Balaban J connectivity index is 1.62. The van der Waals surface area contributed by atoms with Crippen LogP contribution in [0.1, 0.15) is 5.56 Å². The summed E-state index contributed by atoms with van der Waals surface area (Å²) in [6, 6.07) is 21.1. The average Bonchev–Trinajstić information content (AvgIpc) is 3.25. The molecule has 7 heteroatoms. The number of ether oxygens (including phenoxy) is 1. The van der Waals surface area contributed by atoms with Crippen molar-refractivity contribution in [1.29, 1.82) is 5.26 Å². The maximum Gasteiger partial charge on any atom is 0.139 e. The third-order valence-electron chi connectivity index (χ3n) is 5.20. The second-order valence-corrected chi connectivity index (χ2v) is 7.95. The van der Waals surface area contributed by atoms with Gasteiger partial charge in [0, 0.05) is 28.6 Å². The number of benzene rings is 3. The van der Waals surface area contributed by atoms with Gasteiger partial charge >= 0.3 is 0 Å². The Morgan fingerprint density at radius 2 is 1.88 bits per heavy atom. The zero-order valence-corrected chi connectivity index (χ0v) is 18.3. The van der Waals surface area contributed by atoms with Crippen LogP contribution in [0.3, 0.4) is 0 Å². The maximum absolute atomic E-state index is 9.66. The Labute approximate surface area is 193 Å². The lowest BCUT2D eigenvalue weighted by atomic mass is 10.1. The van der Waals surface area contributed by atoms with E-state index in [1.54, 1.807) is 12.1 Å². The number of nitrogens with zero attached hydrogens (tertiary/aromatic N) is 2. The molecule has 0 spiro atoms. The Bertz CT molecular complexity index is 1500. The average molecular weight is 460 g/mol. The van der Waals surface area contributed by atoms with Gasteiger partial charge in [-0.2, -0.15) is 5.26 Å². The van der Waals surface area contributed by atoms with E-state index in [1.807, 2.05) is 48.5 Å². The normalized spacial score (nSPS) is 10.9. The molecule has 0 unspecified atom stereocenters. The highest BCUT2D eigenvalue weighted by Gasteiger charge is 2.15. The number of nitriles is 1. The van der Waals surface area contributed by atoms with Crippen LogP contribution < -0.4 is 10.1 Å². The van der Waals surface area contributed by atoms with E-state index >= 15 is 0 Å². The van der Waals surface area contributed by atoms with Crippen LogP contribution in [-0.4, -0.2) is 12.1 Å². The number of pyridine rings is 1. The van der Waals surface area contributed by atoms with Gasteiger partial charge in [-0.15, -0.1) is 0 Å². The third-order valence-corrected chi connectivity index (χ3v) is 5.81. The van der Waals surface area contributed by atoms with Gasteiger partial charge < -0.3 is 14.5 Å². The lowest BCUT2D eigenvalue weighted by Crippen LogP contribution is -1.98. The highest BCUT2D eigenvalue weighted by atomic mass is 35.5. The largest absolute Gasteiger partial charge is 0.495 e. The Morgan fingerprint density at radius 3 is 2.66 bits per heavy atom. The van der Waals surface area contributed by atoms with Crippen LogP contribution in [0, 0.1) is 11.3 Å². The zero-order valence-electron chi connectivity index (χ0n) is 16.8. The molecule has 0 fully saturated rings. The number of hydrogen-bond donors (Lipinski definition) is 1. The number of nitrogens with one attached hydrogen (secondary N) is 1. The van der Waals surface area contributed by atoms with E-state index in [2.05, 4.69) is 16.4 Å². The molecule has 1 N–H and O–H groups in total. The number of furan rings is 1. The highest BCUT2D eigenvalue weighted by molar-refractivity contribution is 6.37. The van der Waals surface area contributed by atoms with Gasteiger partial charge in [0.15, 0.2) is 0 Å². The molecule has 0 aliphatic heterocycles. The lowest BCUT2D eigenvalue weighted by molar-refractivity contribution is 0.415. The third kappa shape index (κ3) is 3.50. The maximum atomic E-state index is 9.66. The molecule has 0 atom stereocenters. The smallest absolute Gasteiger partial charge is 0.139 e. The first-order chi connectivity index (χ1) is 15.6. The number of rotatable bonds is 4. The Kier molecular flexibility index (Phi) is 5.10. The van der Waals surface area contributed by atoms with Crippen LogP contribution in [0.4, 0.5) is 11.4 Å². The van der Waals surface area contributed by atoms with Crippen molar-refractivity contribution >= 4 is 56.4 Å². The van der Waals surface area contributed by atoms with Gasteiger partial charge in [0.2, 0.25) is 0 Å². The van der Waals surface area contributed by atoms with E-state index in [1.165, 1.54) is 13.3 Å². The van der Waals surface area contributed by atoms with Crippen molar-refractivity contribution in [1.82, 2.24) is 4.98 Å². The Morgan fingerprint density at radius 1 is 1.03 bits per heavy atom. The minimum absolute atomic E-state index is 0.388. The molecular weight excluding hydrogens is 445 g/mol. The van der Waals surface area contributed by atoms with Crippen LogP contribution in [0.15, 0.2) is 71.3 Å². The molecule has 0 bridgehead atoms. The second-order valence-electron chi connectivity index (χ2n) is 7.13. The molecule has 0 amide bonds. The molecular formula is C25H15Cl2N3O2. The quantitative estimate of drug-likeness (QED) is 0.299. The fourth-order valence-electron chi connectivity index (χ4n) is 3.61. The molecule has 156 valence electrons. The monoisotopic (exact) mass is 459 g/mol. The number of para-hydroxylation sites is 1. The molecule has 0 aliphatic rings. The van der Waals surface area contributed by atoms with Gasteiger partial charge in [0.05, 0.1) is 39.6 Å². The summed E-state index contributed by atoms with van der Waals surface area (Å²) in [5, 5.41) is 15.5. The Hall–Kier alpha value is -3.72. The molecule has 0 saturated carbocycles. The second kappa shape index (κ2) is 8.08. The van der Waals surface area contributed by atoms with Crippen LogP contribution in [-0.2, 0) is 0 Å². The summed E-state index contributed by atoms with van der Waals surface area (Å²) in [7, 11) is 1.53. The summed E-state index contributed by atoms with van der Waals surface area (Å²) >= 11 is 12.5. The topological polar surface area (TPSA) is 71.1 Å². The molecule has 0 saturated heterocycles. The molecule has 3 aromatic carbocycles. The van der Waals surface area contributed by atoms with E-state index in [0.717, 1.165) is 27.7 Å². The first-order valence-corrected chi connectivity index (χ1v) is 10.4. The van der Waals surface area contributed by atoms with E-state index in [9.17, 15) is 5.26 Å². The van der Waals surface area contributed by atoms with Crippen molar-refractivity contribution in [3.8, 4) is 23.1 Å². The van der Waals surface area contributed by atoms with E-state index < -0.39 is 0 Å². The van der Waals surface area contributed by atoms with Gasteiger partial charge in [0.1, 0.15) is 23.2 Å². The zero-order chi connectivity index (χ0) is 22.2. The first kappa shape index (κ1) is 20.2. The molecule has 2 heterocycles. The lowest BCUT2D eigenvalue weighted by Gasteiger charge is -2.15. The molecule has 0 radical (unpaired) electrons. The minimum Gasteiger partial charge on any atom is -0.495 e. The molecule has 5 rings (SSSR count). The predicted molar refractivity (Wildman–Crippen MR) is 128 cm³/mol. The van der Waals surface area contributed by atoms with E-state index in [0.29, 0.717) is 38.2 Å². The number of hydrogen-bond acceptors (Lipinski definition) is 5. The molecule has 5 nitrogen and oxygen atoms in total. The van der Waals surface area contributed by atoms with Crippen molar-refractivity contribution in [3.05, 3.63) is 82.5 Å². The number of aromatic nitrogens is 1. The standard InChI is InChI=1S/C25H15Cl2N3O2/c1-31-24-11-21(18(26)10-19(24)27)30-25-16(12-28)13-29-20-8-15(6-7-17(20)25)23-9-14-4-2-3-5-22(14)32-23/h2-11,13H,1H3,(H,29,30). The summed E-state index contributed by atoms with van der Waals surface area (Å²) in [5.41, 5.74) is 3.98. The van der Waals surface area contributed by atoms with Crippen LogP contribution in [0.5, 0.6) is 5.75 Å². The summed E-state index contributed by atoms with van der Waals surface area (Å²) in [5.74, 6) is 1.22. The van der Waals surface area contributed by atoms with Crippen LogP contribution >= 0.6 is 23.2 Å².